The summed E-state index contributed by atoms with van der Waals surface area (Å²) in [5, 5.41) is 10.3. The number of nitrogens with zero attached hydrogens (tertiary/aromatic N) is 4. The first-order valence-electron chi connectivity index (χ1n) is 10.4. The van der Waals surface area contributed by atoms with Gasteiger partial charge in [-0.05, 0) is 36.5 Å². The molecule has 3 heterocycles. The van der Waals surface area contributed by atoms with Crippen molar-refractivity contribution in [1.29, 1.82) is 0 Å². The molecule has 0 bridgehead atoms. The van der Waals surface area contributed by atoms with Gasteiger partial charge in [-0.1, -0.05) is 6.07 Å². The molecule has 0 saturated carbocycles. The summed E-state index contributed by atoms with van der Waals surface area (Å²) in [7, 11) is 0. The monoisotopic (exact) mass is 495 g/mol. The lowest BCUT2D eigenvalue weighted by Gasteiger charge is -2.57. The van der Waals surface area contributed by atoms with Crippen molar-refractivity contribution in [2.24, 2.45) is 5.41 Å². The lowest BCUT2D eigenvalue weighted by atomic mass is 9.75. The quantitative estimate of drug-likeness (QED) is 0.419. The number of aromatic nitrogens is 2. The third-order valence-electron chi connectivity index (χ3n) is 6.01. The Kier molecular flexibility index (Phi) is 5.72. The van der Waals surface area contributed by atoms with Crippen LogP contribution in [0.3, 0.4) is 0 Å². The molecule has 178 valence electrons. The van der Waals surface area contributed by atoms with Gasteiger partial charge in [-0.15, -0.1) is 10.2 Å². The number of thiocarbonyl (C=S) groups is 1. The molecular formula is C22H18F5N5OS. The van der Waals surface area contributed by atoms with Crippen molar-refractivity contribution in [3.63, 3.8) is 0 Å². The maximum atomic E-state index is 15.0. The minimum atomic E-state index is -2.94. The average Bonchev–Trinajstić information content (AvgIpc) is 3.22. The minimum absolute atomic E-state index is 0.0148. The highest BCUT2D eigenvalue weighted by Crippen LogP contribution is 2.36. The standard InChI is InChI=1S/C22H18F5N5OS/c23-14-3-4-17(16(25)6-14)32(21(34)31-10-22(11-31)8-28-9-22)7-13-2-1-12(5-15(13)24)19-29-30-20(33-19)18(26)27/h1-6,18,28H,7-11H2. The second kappa shape index (κ2) is 8.58. The Hall–Kier alpha value is -3.12. The van der Waals surface area contributed by atoms with Crippen molar-refractivity contribution >= 4 is 23.0 Å². The Bertz CT molecular complexity index is 1240. The van der Waals surface area contributed by atoms with Crippen LogP contribution in [0.25, 0.3) is 11.5 Å². The van der Waals surface area contributed by atoms with Crippen LogP contribution in [0.5, 0.6) is 0 Å². The molecular weight excluding hydrogens is 477 g/mol. The average molecular weight is 495 g/mol. The molecule has 2 fully saturated rings. The van der Waals surface area contributed by atoms with E-state index in [4.69, 9.17) is 16.6 Å². The van der Waals surface area contributed by atoms with Crippen LogP contribution < -0.4 is 10.2 Å². The normalized spacial score (nSPS) is 16.5. The largest absolute Gasteiger partial charge is 0.415 e. The minimum Gasteiger partial charge on any atom is -0.415 e. The molecule has 2 aromatic carbocycles. The molecule has 3 aromatic rings. The van der Waals surface area contributed by atoms with Gasteiger partial charge < -0.3 is 19.5 Å². The molecule has 0 atom stereocenters. The highest BCUT2D eigenvalue weighted by molar-refractivity contribution is 7.80. The summed E-state index contributed by atoms with van der Waals surface area (Å²) < 4.78 is 73.5. The van der Waals surface area contributed by atoms with E-state index in [1.807, 2.05) is 4.90 Å². The molecule has 2 saturated heterocycles. The van der Waals surface area contributed by atoms with Crippen LogP contribution in [0.1, 0.15) is 17.9 Å². The number of halogens is 5. The number of nitrogens with one attached hydrogen (secondary N) is 1. The van der Waals surface area contributed by atoms with E-state index in [2.05, 4.69) is 15.5 Å². The summed E-state index contributed by atoms with van der Waals surface area (Å²) in [5.74, 6) is -3.39. The van der Waals surface area contributed by atoms with Gasteiger partial charge in [0.15, 0.2) is 5.11 Å². The third kappa shape index (κ3) is 4.11. The molecule has 0 unspecified atom stereocenters. The van der Waals surface area contributed by atoms with Crippen LogP contribution in [-0.4, -0.2) is 46.4 Å². The van der Waals surface area contributed by atoms with Gasteiger partial charge in [-0.2, -0.15) is 8.78 Å². The molecule has 2 aliphatic heterocycles. The lowest BCUT2D eigenvalue weighted by molar-refractivity contribution is 0.00755. The van der Waals surface area contributed by atoms with E-state index in [9.17, 15) is 17.6 Å². The van der Waals surface area contributed by atoms with E-state index in [0.717, 1.165) is 31.3 Å². The van der Waals surface area contributed by atoms with Crippen LogP contribution in [0.4, 0.5) is 27.6 Å². The molecule has 12 heteroatoms. The van der Waals surface area contributed by atoms with Gasteiger partial charge >= 0.3 is 6.43 Å². The second-order valence-electron chi connectivity index (χ2n) is 8.48. The predicted molar refractivity (Wildman–Crippen MR) is 117 cm³/mol. The predicted octanol–water partition coefficient (Wildman–Crippen LogP) is 4.29. The number of hydrogen-bond acceptors (Lipinski definition) is 5. The Morgan fingerprint density at radius 2 is 1.85 bits per heavy atom. The zero-order chi connectivity index (χ0) is 24.0. The number of benzene rings is 2. The van der Waals surface area contributed by atoms with Gasteiger partial charge in [0.2, 0.25) is 5.89 Å². The van der Waals surface area contributed by atoms with E-state index >= 15 is 4.39 Å². The molecule has 2 aliphatic rings. The number of alkyl halides is 2. The Morgan fingerprint density at radius 1 is 1.09 bits per heavy atom. The Morgan fingerprint density at radius 3 is 2.44 bits per heavy atom. The van der Waals surface area contributed by atoms with Crippen LogP contribution in [0, 0.1) is 22.9 Å². The smallest absolute Gasteiger partial charge is 0.314 e. The van der Waals surface area contributed by atoms with Crippen molar-refractivity contribution in [2.75, 3.05) is 31.1 Å². The highest BCUT2D eigenvalue weighted by atomic mass is 32.1. The second-order valence-corrected chi connectivity index (χ2v) is 8.84. The zero-order valence-corrected chi connectivity index (χ0v) is 18.4. The van der Waals surface area contributed by atoms with Crippen LogP contribution >= 0.6 is 12.2 Å². The van der Waals surface area contributed by atoms with Gasteiger partial charge in [0.1, 0.15) is 17.5 Å². The summed E-state index contributed by atoms with van der Waals surface area (Å²) >= 11 is 5.61. The van der Waals surface area contributed by atoms with Crippen LogP contribution in [0.15, 0.2) is 40.8 Å². The van der Waals surface area contributed by atoms with Gasteiger partial charge in [-0.25, -0.2) is 13.2 Å². The molecule has 6 nitrogen and oxygen atoms in total. The first-order valence-corrected chi connectivity index (χ1v) is 10.8. The SMILES string of the molecule is Fc1ccc(N(Cc2ccc(-c3nnc(C(F)F)o3)cc2F)C(=S)N2CC3(CNC3)C2)c(F)c1. The number of hydrogen-bond donors (Lipinski definition) is 1. The van der Waals surface area contributed by atoms with Gasteiger partial charge in [0.25, 0.3) is 5.89 Å². The number of rotatable bonds is 5. The highest BCUT2D eigenvalue weighted by Gasteiger charge is 2.49. The van der Waals surface area contributed by atoms with Crippen molar-refractivity contribution in [3.8, 4) is 11.5 Å². The summed E-state index contributed by atoms with van der Waals surface area (Å²) in [6, 6.07) is 7.02. The van der Waals surface area contributed by atoms with Crippen LogP contribution in [-0.2, 0) is 6.54 Å². The first-order chi connectivity index (χ1) is 16.2. The van der Waals surface area contributed by atoms with E-state index < -0.39 is 29.8 Å². The molecule has 1 N–H and O–H groups in total. The topological polar surface area (TPSA) is 57.4 Å². The summed E-state index contributed by atoms with van der Waals surface area (Å²) in [6.07, 6.45) is -2.94. The van der Waals surface area contributed by atoms with Crippen LogP contribution in [0.2, 0.25) is 0 Å². The number of anilines is 1. The molecule has 1 spiro atoms. The van der Waals surface area contributed by atoms with E-state index in [0.29, 0.717) is 18.2 Å². The fraction of sp³-hybridized carbons (Fsp3) is 0.318. The summed E-state index contributed by atoms with van der Waals surface area (Å²) in [5.41, 5.74) is 0.431. The fourth-order valence-electron chi connectivity index (χ4n) is 4.15. The molecule has 0 radical (unpaired) electrons. The third-order valence-corrected chi connectivity index (χ3v) is 6.49. The fourth-order valence-corrected chi connectivity index (χ4v) is 4.44. The maximum absolute atomic E-state index is 15.0. The maximum Gasteiger partial charge on any atom is 0.314 e. The molecule has 5 rings (SSSR count). The van der Waals surface area contributed by atoms with Gasteiger partial charge in [0, 0.05) is 48.8 Å². The molecule has 0 aliphatic carbocycles. The summed E-state index contributed by atoms with van der Waals surface area (Å²) in [6.45, 7) is 2.97. The number of likely N-dealkylation sites (tertiary alicyclic amines) is 1. The van der Waals surface area contributed by atoms with Gasteiger partial charge in [-0.3, -0.25) is 0 Å². The first kappa shape index (κ1) is 22.7. The van der Waals surface area contributed by atoms with Crippen molar-refractivity contribution in [1.82, 2.24) is 20.4 Å². The zero-order valence-electron chi connectivity index (χ0n) is 17.6. The van der Waals surface area contributed by atoms with Crippen molar-refractivity contribution in [3.05, 3.63) is 65.3 Å². The molecule has 1 aromatic heterocycles. The Balaban J connectivity index is 1.41. The van der Waals surface area contributed by atoms with E-state index in [1.165, 1.54) is 23.1 Å². The lowest BCUT2D eigenvalue weighted by Crippen LogP contribution is -2.73. The van der Waals surface area contributed by atoms with Gasteiger partial charge in [0.05, 0.1) is 12.2 Å². The van der Waals surface area contributed by atoms with Crippen molar-refractivity contribution in [2.45, 2.75) is 13.0 Å². The summed E-state index contributed by atoms with van der Waals surface area (Å²) in [4.78, 5) is 3.32. The van der Waals surface area contributed by atoms with E-state index in [1.54, 1.807) is 0 Å². The van der Waals surface area contributed by atoms with E-state index in [-0.39, 0.29) is 34.7 Å². The Labute approximate surface area is 196 Å². The molecule has 34 heavy (non-hydrogen) atoms. The van der Waals surface area contributed by atoms with Crippen molar-refractivity contribution < 1.29 is 26.4 Å². The molecule has 0 amide bonds.